The first kappa shape index (κ1) is 11.1. The van der Waals surface area contributed by atoms with Crippen LogP contribution >= 0.6 is 11.8 Å². The number of aldehydes is 1. The molecule has 0 saturated carbocycles. The Morgan fingerprint density at radius 2 is 2.00 bits per heavy atom. The molecule has 1 aromatic rings. The van der Waals surface area contributed by atoms with E-state index in [0.717, 1.165) is 0 Å². The van der Waals surface area contributed by atoms with E-state index in [0.29, 0.717) is 11.8 Å². The van der Waals surface area contributed by atoms with Crippen molar-refractivity contribution in [2.45, 2.75) is 17.3 Å². The van der Waals surface area contributed by atoms with Gasteiger partial charge in [-0.2, -0.15) is 13.2 Å². The molecule has 14 heavy (non-hydrogen) atoms. The number of thioether (sulfide) groups is 1. The third-order valence-corrected chi connectivity index (χ3v) is 2.33. The zero-order valence-corrected chi connectivity index (χ0v) is 8.08. The van der Waals surface area contributed by atoms with E-state index < -0.39 is 5.51 Å². The minimum absolute atomic E-state index is 0.0486. The smallest absolute Gasteiger partial charge is 0.298 e. The second-order valence-electron chi connectivity index (χ2n) is 2.71. The number of alkyl halides is 3. The van der Waals surface area contributed by atoms with E-state index in [1.807, 2.05) is 0 Å². The molecular weight excluding hydrogens is 213 g/mol. The van der Waals surface area contributed by atoms with Gasteiger partial charge in [0.1, 0.15) is 0 Å². The fourth-order valence-electron chi connectivity index (χ4n) is 0.952. The summed E-state index contributed by atoms with van der Waals surface area (Å²) in [7, 11) is 0. The number of carbonyl (C=O) groups is 1. The van der Waals surface area contributed by atoms with Crippen molar-refractivity contribution in [2.75, 3.05) is 0 Å². The van der Waals surface area contributed by atoms with Crippen molar-refractivity contribution in [1.29, 1.82) is 0 Å². The largest absolute Gasteiger partial charge is 0.446 e. The normalized spacial score (nSPS) is 11.4. The lowest BCUT2D eigenvalue weighted by molar-refractivity contribution is -0.0328. The average molecular weight is 220 g/mol. The molecule has 0 radical (unpaired) electrons. The van der Waals surface area contributed by atoms with E-state index in [9.17, 15) is 18.0 Å². The Morgan fingerprint density at radius 3 is 2.50 bits per heavy atom. The highest BCUT2D eigenvalue weighted by atomic mass is 32.2. The first-order valence-electron chi connectivity index (χ1n) is 3.74. The third-order valence-electron chi connectivity index (χ3n) is 1.52. The number of aryl methyl sites for hydroxylation is 1. The summed E-state index contributed by atoms with van der Waals surface area (Å²) in [4.78, 5) is 10.4. The summed E-state index contributed by atoms with van der Waals surface area (Å²) in [5.74, 6) is 0. The average Bonchev–Trinajstić information content (AvgIpc) is 2.01. The van der Waals surface area contributed by atoms with Crippen molar-refractivity contribution in [1.82, 2.24) is 0 Å². The number of rotatable bonds is 2. The molecule has 0 amide bonds. The molecule has 0 aromatic heterocycles. The summed E-state index contributed by atoms with van der Waals surface area (Å²) in [6.07, 6.45) is 0.424. The molecule has 0 heterocycles. The molecule has 0 fully saturated rings. The van der Waals surface area contributed by atoms with Gasteiger partial charge in [0.05, 0.1) is 0 Å². The van der Waals surface area contributed by atoms with Gasteiger partial charge in [0.25, 0.3) is 0 Å². The number of benzene rings is 1. The molecule has 0 N–H and O–H groups in total. The molecule has 0 aliphatic carbocycles. The van der Waals surface area contributed by atoms with Crippen LogP contribution in [0.4, 0.5) is 13.2 Å². The summed E-state index contributed by atoms with van der Waals surface area (Å²) in [6.45, 7) is 1.68. The van der Waals surface area contributed by atoms with Crippen LogP contribution in [0.15, 0.2) is 23.1 Å². The predicted molar refractivity (Wildman–Crippen MR) is 48.5 cm³/mol. The van der Waals surface area contributed by atoms with E-state index in [1.165, 1.54) is 12.1 Å². The molecule has 1 aromatic carbocycles. The molecule has 0 saturated heterocycles. The van der Waals surface area contributed by atoms with Crippen LogP contribution in [0.1, 0.15) is 15.9 Å². The lowest BCUT2D eigenvalue weighted by Gasteiger charge is -2.08. The molecule has 0 atom stereocenters. The van der Waals surface area contributed by atoms with E-state index in [1.54, 1.807) is 13.0 Å². The zero-order valence-electron chi connectivity index (χ0n) is 7.26. The van der Waals surface area contributed by atoms with Crippen LogP contribution in [0.25, 0.3) is 0 Å². The number of hydrogen-bond donors (Lipinski definition) is 0. The van der Waals surface area contributed by atoms with E-state index >= 15 is 0 Å². The number of carbonyl (C=O) groups excluding carboxylic acids is 1. The topological polar surface area (TPSA) is 17.1 Å². The molecule has 1 rings (SSSR count). The molecule has 5 heteroatoms. The van der Waals surface area contributed by atoms with Crippen LogP contribution in [-0.4, -0.2) is 11.8 Å². The van der Waals surface area contributed by atoms with Crippen LogP contribution in [0.2, 0.25) is 0 Å². The maximum atomic E-state index is 12.0. The van der Waals surface area contributed by atoms with Gasteiger partial charge in [-0.3, -0.25) is 4.79 Å². The molecule has 1 nitrogen and oxygen atoms in total. The highest BCUT2D eigenvalue weighted by molar-refractivity contribution is 8.00. The maximum Gasteiger partial charge on any atom is 0.446 e. The van der Waals surface area contributed by atoms with Crippen LogP contribution in [-0.2, 0) is 0 Å². The first-order chi connectivity index (χ1) is 6.42. The molecule has 0 aliphatic rings. The number of hydrogen-bond acceptors (Lipinski definition) is 2. The second kappa shape index (κ2) is 4.04. The van der Waals surface area contributed by atoms with Gasteiger partial charge in [0.2, 0.25) is 0 Å². The molecule has 0 bridgehead atoms. The quantitative estimate of drug-likeness (QED) is 0.561. The Morgan fingerprint density at radius 1 is 1.36 bits per heavy atom. The van der Waals surface area contributed by atoms with Crippen molar-refractivity contribution in [3.63, 3.8) is 0 Å². The SMILES string of the molecule is Cc1ccc(C=O)c(SC(F)(F)F)c1. The monoisotopic (exact) mass is 220 g/mol. The van der Waals surface area contributed by atoms with Crippen molar-refractivity contribution in [3.8, 4) is 0 Å². The molecule has 76 valence electrons. The van der Waals surface area contributed by atoms with Crippen LogP contribution in [0.5, 0.6) is 0 Å². The van der Waals surface area contributed by atoms with Gasteiger partial charge in [-0.1, -0.05) is 12.1 Å². The Kier molecular flexibility index (Phi) is 3.21. The molecule has 0 spiro atoms. The summed E-state index contributed by atoms with van der Waals surface area (Å²) in [5, 5.41) is 0. The fraction of sp³-hybridized carbons (Fsp3) is 0.222. The summed E-state index contributed by atoms with van der Waals surface area (Å²) >= 11 is -0.265. The van der Waals surface area contributed by atoms with Crippen molar-refractivity contribution >= 4 is 18.0 Å². The summed E-state index contributed by atoms with van der Waals surface area (Å²) < 4.78 is 36.1. The van der Waals surface area contributed by atoms with E-state index in [-0.39, 0.29) is 22.2 Å². The fourth-order valence-corrected chi connectivity index (χ4v) is 1.68. The molecule has 0 unspecified atom stereocenters. The van der Waals surface area contributed by atoms with Gasteiger partial charge >= 0.3 is 5.51 Å². The van der Waals surface area contributed by atoms with E-state index in [2.05, 4.69) is 0 Å². The summed E-state index contributed by atoms with van der Waals surface area (Å²) in [6, 6.07) is 4.34. The minimum Gasteiger partial charge on any atom is -0.298 e. The van der Waals surface area contributed by atoms with Crippen LogP contribution < -0.4 is 0 Å². The summed E-state index contributed by atoms with van der Waals surface area (Å²) in [5.41, 5.74) is -3.59. The minimum atomic E-state index is -4.36. The molecule has 0 aliphatic heterocycles. The first-order valence-corrected chi connectivity index (χ1v) is 4.55. The van der Waals surface area contributed by atoms with Crippen molar-refractivity contribution in [3.05, 3.63) is 29.3 Å². The van der Waals surface area contributed by atoms with Crippen LogP contribution in [0, 0.1) is 6.92 Å². The Bertz CT molecular complexity index is 346. The van der Waals surface area contributed by atoms with E-state index in [4.69, 9.17) is 0 Å². The van der Waals surface area contributed by atoms with Gasteiger partial charge in [-0.05, 0) is 30.3 Å². The van der Waals surface area contributed by atoms with Crippen LogP contribution in [0.3, 0.4) is 0 Å². The van der Waals surface area contributed by atoms with Crippen molar-refractivity contribution < 1.29 is 18.0 Å². The van der Waals surface area contributed by atoms with Gasteiger partial charge in [-0.25, -0.2) is 0 Å². The predicted octanol–water partition coefficient (Wildman–Crippen LogP) is 3.42. The molecular formula is C9H7F3OS. The second-order valence-corrected chi connectivity index (χ2v) is 3.81. The lowest BCUT2D eigenvalue weighted by atomic mass is 10.2. The maximum absolute atomic E-state index is 12.0. The Labute approximate surface area is 83.3 Å². The lowest BCUT2D eigenvalue weighted by Crippen LogP contribution is -2.01. The van der Waals surface area contributed by atoms with Gasteiger partial charge in [-0.15, -0.1) is 0 Å². The van der Waals surface area contributed by atoms with Gasteiger partial charge in [0.15, 0.2) is 6.29 Å². The third kappa shape index (κ3) is 3.06. The zero-order chi connectivity index (χ0) is 10.8. The van der Waals surface area contributed by atoms with Gasteiger partial charge in [0, 0.05) is 10.5 Å². The standard InChI is InChI=1S/C9H7F3OS/c1-6-2-3-7(5-13)8(4-6)14-9(10,11)12/h2-5H,1H3. The Hall–Kier alpha value is -0.970. The van der Waals surface area contributed by atoms with Crippen molar-refractivity contribution in [2.24, 2.45) is 0 Å². The highest BCUT2D eigenvalue weighted by Crippen LogP contribution is 2.38. The Balaban J connectivity index is 3.05. The van der Waals surface area contributed by atoms with Gasteiger partial charge < -0.3 is 0 Å². The number of halogens is 3. The highest BCUT2D eigenvalue weighted by Gasteiger charge is 2.30.